The number of nitrogens with two attached hydrogens (primary N) is 1. The van der Waals surface area contributed by atoms with E-state index in [0.717, 1.165) is 16.3 Å². The van der Waals surface area contributed by atoms with Gasteiger partial charge < -0.3 is 15.2 Å². The van der Waals surface area contributed by atoms with Crippen molar-refractivity contribution in [2.24, 2.45) is 5.73 Å². The van der Waals surface area contributed by atoms with Crippen LogP contribution in [0.15, 0.2) is 54.6 Å². The average molecular weight is 342 g/mol. The molecule has 3 aromatic rings. The van der Waals surface area contributed by atoms with Crippen molar-refractivity contribution in [2.75, 3.05) is 7.11 Å². The molecule has 0 unspecified atom stereocenters. The van der Waals surface area contributed by atoms with Gasteiger partial charge in [0.1, 0.15) is 6.61 Å². The molecule has 0 spiro atoms. The number of carbonyl (C=O) groups excluding carboxylic acids is 1. The quantitative estimate of drug-likeness (QED) is 0.757. The van der Waals surface area contributed by atoms with Crippen LogP contribution in [0.1, 0.15) is 15.9 Å². The predicted molar refractivity (Wildman–Crippen MR) is 94.8 cm³/mol. The Morgan fingerprint density at radius 1 is 1.12 bits per heavy atom. The highest BCUT2D eigenvalue weighted by atomic mass is 35.5. The maximum absolute atomic E-state index is 11.3. The first kappa shape index (κ1) is 16.1. The van der Waals surface area contributed by atoms with Crippen molar-refractivity contribution < 1.29 is 14.3 Å². The van der Waals surface area contributed by atoms with Crippen LogP contribution >= 0.6 is 11.6 Å². The molecule has 5 heteroatoms. The van der Waals surface area contributed by atoms with E-state index in [2.05, 4.69) is 0 Å². The molecule has 0 fully saturated rings. The first-order valence-corrected chi connectivity index (χ1v) is 7.74. The molecule has 0 aromatic heterocycles. The van der Waals surface area contributed by atoms with Crippen molar-refractivity contribution in [3.8, 4) is 11.5 Å². The van der Waals surface area contributed by atoms with Gasteiger partial charge in [0.2, 0.25) is 5.91 Å². The smallest absolute Gasteiger partial charge is 0.248 e. The molecule has 0 aliphatic rings. The van der Waals surface area contributed by atoms with Crippen molar-refractivity contribution in [1.82, 2.24) is 0 Å². The van der Waals surface area contributed by atoms with Gasteiger partial charge in [-0.3, -0.25) is 4.79 Å². The third kappa shape index (κ3) is 3.14. The maximum atomic E-state index is 11.3. The number of fused-ring (bicyclic) bond motifs is 1. The molecule has 4 nitrogen and oxygen atoms in total. The highest BCUT2D eigenvalue weighted by Crippen LogP contribution is 2.37. The molecular weight excluding hydrogens is 326 g/mol. The number of halogens is 1. The van der Waals surface area contributed by atoms with Gasteiger partial charge in [0, 0.05) is 5.56 Å². The standard InChI is InChI=1S/C19H16ClNO3/c1-23-17-10-14(19(21)22)9-16(20)18(17)24-11-13-7-4-6-12-5-2-3-8-15(12)13/h2-10H,11H2,1H3,(H2,21,22). The first-order valence-electron chi connectivity index (χ1n) is 7.37. The Balaban J connectivity index is 1.92. The third-order valence-corrected chi connectivity index (χ3v) is 4.05. The van der Waals surface area contributed by atoms with Crippen molar-refractivity contribution in [3.05, 3.63) is 70.7 Å². The summed E-state index contributed by atoms with van der Waals surface area (Å²) in [5.41, 5.74) is 6.59. The van der Waals surface area contributed by atoms with E-state index in [1.165, 1.54) is 19.2 Å². The van der Waals surface area contributed by atoms with E-state index in [-0.39, 0.29) is 10.6 Å². The summed E-state index contributed by atoms with van der Waals surface area (Å²) in [4.78, 5) is 11.3. The van der Waals surface area contributed by atoms with E-state index in [1.807, 2.05) is 42.5 Å². The Kier molecular flexibility index (Phi) is 4.58. The Morgan fingerprint density at radius 2 is 1.88 bits per heavy atom. The summed E-state index contributed by atoms with van der Waals surface area (Å²) in [6.45, 7) is 0.327. The van der Waals surface area contributed by atoms with Gasteiger partial charge in [-0.15, -0.1) is 0 Å². The Bertz CT molecular complexity index is 903. The number of benzene rings is 3. The summed E-state index contributed by atoms with van der Waals surface area (Å²) in [5.74, 6) is 0.185. The van der Waals surface area contributed by atoms with Crippen LogP contribution in [0.4, 0.5) is 0 Å². The average Bonchev–Trinajstić information content (AvgIpc) is 2.60. The van der Waals surface area contributed by atoms with Gasteiger partial charge in [-0.2, -0.15) is 0 Å². The summed E-state index contributed by atoms with van der Waals surface area (Å²) in [6.07, 6.45) is 0. The maximum Gasteiger partial charge on any atom is 0.248 e. The molecule has 3 rings (SSSR count). The van der Waals surface area contributed by atoms with E-state index in [1.54, 1.807) is 0 Å². The number of rotatable bonds is 5. The van der Waals surface area contributed by atoms with E-state index in [4.69, 9.17) is 26.8 Å². The van der Waals surface area contributed by atoms with Crippen LogP contribution in [0.25, 0.3) is 10.8 Å². The lowest BCUT2D eigenvalue weighted by Gasteiger charge is -2.14. The van der Waals surface area contributed by atoms with Crippen LogP contribution < -0.4 is 15.2 Å². The minimum absolute atomic E-state index is 0.273. The van der Waals surface area contributed by atoms with Gasteiger partial charge in [0.05, 0.1) is 12.1 Å². The molecule has 0 aliphatic heterocycles. The molecule has 2 N–H and O–H groups in total. The summed E-state index contributed by atoms with van der Waals surface area (Å²) in [6, 6.07) is 17.1. The Morgan fingerprint density at radius 3 is 2.62 bits per heavy atom. The number of hydrogen-bond acceptors (Lipinski definition) is 3. The highest BCUT2D eigenvalue weighted by molar-refractivity contribution is 6.32. The monoisotopic (exact) mass is 341 g/mol. The lowest BCUT2D eigenvalue weighted by molar-refractivity contribution is 0.1000. The zero-order chi connectivity index (χ0) is 17.1. The number of primary amides is 1. The lowest BCUT2D eigenvalue weighted by atomic mass is 10.1. The zero-order valence-corrected chi connectivity index (χ0v) is 13.8. The van der Waals surface area contributed by atoms with E-state index in [0.29, 0.717) is 18.1 Å². The Hall–Kier alpha value is -2.72. The van der Waals surface area contributed by atoms with Crippen molar-refractivity contribution in [2.45, 2.75) is 6.61 Å². The molecule has 3 aromatic carbocycles. The third-order valence-electron chi connectivity index (χ3n) is 3.77. The molecule has 1 amide bonds. The molecule has 0 aliphatic carbocycles. The number of hydrogen-bond donors (Lipinski definition) is 1. The van der Waals surface area contributed by atoms with Crippen LogP contribution in [-0.4, -0.2) is 13.0 Å². The number of carbonyl (C=O) groups is 1. The summed E-state index contributed by atoms with van der Waals surface area (Å²) in [5, 5.41) is 2.54. The lowest BCUT2D eigenvalue weighted by Crippen LogP contribution is -2.11. The zero-order valence-electron chi connectivity index (χ0n) is 13.1. The minimum atomic E-state index is -0.573. The first-order chi connectivity index (χ1) is 11.6. The highest BCUT2D eigenvalue weighted by Gasteiger charge is 2.15. The van der Waals surface area contributed by atoms with E-state index >= 15 is 0 Å². The fourth-order valence-electron chi connectivity index (χ4n) is 2.57. The van der Waals surface area contributed by atoms with Crippen molar-refractivity contribution in [3.63, 3.8) is 0 Å². The van der Waals surface area contributed by atoms with Crippen LogP contribution in [0.2, 0.25) is 5.02 Å². The van der Waals surface area contributed by atoms with Gasteiger partial charge in [0.25, 0.3) is 0 Å². The molecule has 24 heavy (non-hydrogen) atoms. The van der Waals surface area contributed by atoms with Crippen LogP contribution in [-0.2, 0) is 6.61 Å². The fourth-order valence-corrected chi connectivity index (χ4v) is 2.84. The van der Waals surface area contributed by atoms with Gasteiger partial charge in [-0.25, -0.2) is 0 Å². The summed E-state index contributed by atoms with van der Waals surface area (Å²) < 4.78 is 11.2. The second-order valence-corrected chi connectivity index (χ2v) is 5.69. The molecule has 122 valence electrons. The van der Waals surface area contributed by atoms with Crippen LogP contribution in [0.5, 0.6) is 11.5 Å². The fraction of sp³-hybridized carbons (Fsp3) is 0.105. The van der Waals surface area contributed by atoms with Gasteiger partial charge >= 0.3 is 0 Å². The molecule has 0 atom stereocenters. The topological polar surface area (TPSA) is 61.5 Å². The molecule has 0 saturated heterocycles. The SMILES string of the molecule is COc1cc(C(N)=O)cc(Cl)c1OCc1cccc2ccccc12. The van der Waals surface area contributed by atoms with Gasteiger partial charge in [0.15, 0.2) is 11.5 Å². The summed E-state index contributed by atoms with van der Waals surface area (Å²) >= 11 is 6.23. The number of amides is 1. The van der Waals surface area contributed by atoms with E-state index in [9.17, 15) is 4.79 Å². The van der Waals surface area contributed by atoms with E-state index < -0.39 is 5.91 Å². The predicted octanol–water partition coefficient (Wildman–Crippen LogP) is 4.18. The number of methoxy groups -OCH3 is 1. The van der Waals surface area contributed by atoms with Gasteiger partial charge in [-0.1, -0.05) is 54.1 Å². The normalized spacial score (nSPS) is 10.6. The number of ether oxygens (including phenoxy) is 2. The molecule has 0 saturated carbocycles. The van der Waals surface area contributed by atoms with Gasteiger partial charge in [-0.05, 0) is 28.5 Å². The molecule has 0 heterocycles. The minimum Gasteiger partial charge on any atom is -0.493 e. The second-order valence-electron chi connectivity index (χ2n) is 5.28. The van der Waals surface area contributed by atoms with Crippen molar-refractivity contribution in [1.29, 1.82) is 0 Å². The summed E-state index contributed by atoms with van der Waals surface area (Å²) in [7, 11) is 1.49. The van der Waals surface area contributed by atoms with Crippen LogP contribution in [0, 0.1) is 0 Å². The van der Waals surface area contributed by atoms with Crippen LogP contribution in [0.3, 0.4) is 0 Å². The molecule has 0 radical (unpaired) electrons. The van der Waals surface area contributed by atoms with Crippen molar-refractivity contribution >= 4 is 28.3 Å². The molecular formula is C19H16ClNO3. The Labute approximate surface area is 144 Å². The largest absolute Gasteiger partial charge is 0.493 e. The molecule has 0 bridgehead atoms. The second kappa shape index (κ2) is 6.81.